The summed E-state index contributed by atoms with van der Waals surface area (Å²) in [5.74, 6) is 0.393. The molecule has 1 N–H and O–H groups in total. The minimum absolute atomic E-state index is 0.107. The second-order valence-corrected chi connectivity index (χ2v) is 17.6. The molecule has 0 bridgehead atoms. The Kier molecular flexibility index (Phi) is 18.4. The number of carbonyl (C=O) groups is 1. The fourth-order valence-corrected chi connectivity index (χ4v) is 11.6. The number of aliphatic hydroxyl groups is 1. The smallest absolute Gasteiger partial charge is 0.193 e. The molecule has 1 rings (SSSR count). The Bertz CT molecular complexity index is 833. The third-order valence-corrected chi connectivity index (χ3v) is 13.8. The van der Waals surface area contributed by atoms with E-state index in [-0.39, 0.29) is 41.7 Å². The van der Waals surface area contributed by atoms with Gasteiger partial charge in [0.05, 0.1) is 32.0 Å². The molecule has 0 aliphatic rings. The van der Waals surface area contributed by atoms with Crippen LogP contribution in [0.1, 0.15) is 113 Å². The number of methoxy groups -OCH3 is 1. The van der Waals surface area contributed by atoms with E-state index in [1.807, 2.05) is 45.0 Å². The summed E-state index contributed by atoms with van der Waals surface area (Å²) in [6.07, 6.45) is 6.04. The summed E-state index contributed by atoms with van der Waals surface area (Å²) in [6.45, 7) is 21.8. The van der Waals surface area contributed by atoms with E-state index < -0.39 is 20.3 Å². The summed E-state index contributed by atoms with van der Waals surface area (Å²) in [5, 5.41) is 11.5. The second-order valence-electron chi connectivity index (χ2n) is 13.5. The number of Topliss-reactive ketones (excluding diaryl/α,β-unsaturated/α-hetero) is 1. The normalized spacial score (nSPS) is 16.7. The predicted octanol–water partition coefficient (Wildman–Crippen LogP) is 9.46. The van der Waals surface area contributed by atoms with Crippen molar-refractivity contribution in [3.8, 4) is 5.75 Å². The summed E-state index contributed by atoms with van der Waals surface area (Å²) in [5.41, 5.74) is 1.06. The van der Waals surface area contributed by atoms with Crippen LogP contribution in [0.5, 0.6) is 5.75 Å². The quantitative estimate of drug-likeness (QED) is 0.126. The molecule has 6 heteroatoms. The Labute approximate surface area is 260 Å². The fourth-order valence-electron chi connectivity index (χ4n) is 6.41. The van der Waals surface area contributed by atoms with Gasteiger partial charge in [-0.25, -0.2) is 0 Å². The lowest BCUT2D eigenvalue weighted by molar-refractivity contribution is -0.137. The van der Waals surface area contributed by atoms with Crippen LogP contribution in [0.3, 0.4) is 0 Å². The molecule has 0 aromatic heterocycles. The van der Waals surface area contributed by atoms with Gasteiger partial charge in [0, 0.05) is 17.8 Å². The highest BCUT2D eigenvalue weighted by molar-refractivity contribution is 6.73. The third-order valence-electron chi connectivity index (χ3n) is 9.22. The van der Waals surface area contributed by atoms with Crippen LogP contribution in [-0.2, 0) is 20.6 Å². The molecule has 0 spiro atoms. The highest BCUT2D eigenvalue weighted by Gasteiger charge is 2.42. The second kappa shape index (κ2) is 19.9. The molecule has 0 aliphatic heterocycles. The highest BCUT2D eigenvalue weighted by atomic mass is 28.4. The van der Waals surface area contributed by atoms with Gasteiger partial charge < -0.3 is 19.0 Å². The van der Waals surface area contributed by atoms with Gasteiger partial charge in [-0.05, 0) is 47.7 Å². The number of benzene rings is 1. The topological polar surface area (TPSA) is 65.0 Å². The molecule has 1 aromatic carbocycles. The molecule has 0 aliphatic carbocycles. The van der Waals surface area contributed by atoms with Crippen molar-refractivity contribution < 1.29 is 23.8 Å². The molecule has 5 nitrogen and oxygen atoms in total. The van der Waals surface area contributed by atoms with Gasteiger partial charge in [-0.15, -0.1) is 0 Å². The summed E-state index contributed by atoms with van der Waals surface area (Å²) in [4.78, 5) is 14.0. The van der Waals surface area contributed by atoms with E-state index in [0.29, 0.717) is 6.61 Å². The van der Waals surface area contributed by atoms with E-state index in [0.717, 1.165) is 11.3 Å². The van der Waals surface area contributed by atoms with E-state index in [4.69, 9.17) is 13.9 Å². The van der Waals surface area contributed by atoms with Crippen LogP contribution in [0.4, 0.5) is 0 Å². The van der Waals surface area contributed by atoms with Gasteiger partial charge >= 0.3 is 0 Å². The van der Waals surface area contributed by atoms with Gasteiger partial charge in [0.25, 0.3) is 0 Å². The summed E-state index contributed by atoms with van der Waals surface area (Å²) < 4.78 is 18.9. The number of carbonyl (C=O) groups excluding carboxylic acids is 1. The molecular weight excluding hydrogens is 540 g/mol. The van der Waals surface area contributed by atoms with Crippen molar-refractivity contribution in [2.75, 3.05) is 7.11 Å². The SMILES string of the molecule is CCCC[Si](CCCC)(CCCC)O[C@H](C(C)C)[C@H](C)C(=O)[C@H](C)[C@H](O)[C@@H](C)[C@H](OCc1ccc(OC)cc1)C(C)C. The van der Waals surface area contributed by atoms with Crippen molar-refractivity contribution in [3.63, 3.8) is 0 Å². The van der Waals surface area contributed by atoms with E-state index in [1.54, 1.807) is 7.11 Å². The van der Waals surface area contributed by atoms with Crippen molar-refractivity contribution in [2.24, 2.45) is 29.6 Å². The van der Waals surface area contributed by atoms with Gasteiger partial charge in [0.15, 0.2) is 8.32 Å². The van der Waals surface area contributed by atoms with Gasteiger partial charge in [0.1, 0.15) is 11.5 Å². The standard InChI is InChI=1S/C36H66O5Si/c1-12-15-22-42(23-16-13-2,24-17-14-3)41-36(27(6)7)30(10)34(38)28(8)33(37)29(9)35(26(4)5)40-25-31-18-20-32(39-11)21-19-31/h18-21,26-30,33,35-37H,12-17,22-25H2,1-11H3/t28-,29-,30-,33+,35-,36-/m1/s1. The Hall–Kier alpha value is -1.21. The first-order chi connectivity index (χ1) is 19.9. The average Bonchev–Trinajstić information content (AvgIpc) is 2.98. The lowest BCUT2D eigenvalue weighted by Crippen LogP contribution is -2.49. The highest BCUT2D eigenvalue weighted by Crippen LogP contribution is 2.36. The first-order valence-electron chi connectivity index (χ1n) is 17.0. The molecule has 6 atom stereocenters. The average molecular weight is 607 g/mol. The maximum Gasteiger partial charge on any atom is 0.193 e. The monoisotopic (exact) mass is 606 g/mol. The lowest BCUT2D eigenvalue weighted by Gasteiger charge is -2.41. The number of hydrogen-bond donors (Lipinski definition) is 1. The lowest BCUT2D eigenvalue weighted by atomic mass is 9.78. The molecule has 0 radical (unpaired) electrons. The van der Waals surface area contributed by atoms with E-state index in [1.165, 1.54) is 56.7 Å². The Morgan fingerprint density at radius 2 is 1.24 bits per heavy atom. The van der Waals surface area contributed by atoms with Crippen LogP contribution >= 0.6 is 0 Å². The van der Waals surface area contributed by atoms with Crippen molar-refractivity contribution in [3.05, 3.63) is 29.8 Å². The number of ketones is 1. The van der Waals surface area contributed by atoms with Crippen LogP contribution < -0.4 is 4.74 Å². The minimum atomic E-state index is -2.00. The van der Waals surface area contributed by atoms with Crippen LogP contribution in [0.25, 0.3) is 0 Å². The molecule has 1 aromatic rings. The fraction of sp³-hybridized carbons (Fsp3) is 0.806. The number of aliphatic hydroxyl groups excluding tert-OH is 1. The van der Waals surface area contributed by atoms with Crippen molar-refractivity contribution in [2.45, 2.75) is 151 Å². The third kappa shape index (κ3) is 12.1. The minimum Gasteiger partial charge on any atom is -0.497 e. The molecule has 0 amide bonds. The summed E-state index contributed by atoms with van der Waals surface area (Å²) in [7, 11) is -0.343. The van der Waals surface area contributed by atoms with Crippen LogP contribution in [-0.4, -0.2) is 44.6 Å². The molecule has 244 valence electrons. The van der Waals surface area contributed by atoms with Crippen LogP contribution in [0, 0.1) is 29.6 Å². The Morgan fingerprint density at radius 1 is 0.762 bits per heavy atom. The van der Waals surface area contributed by atoms with Gasteiger partial charge in [-0.3, -0.25) is 4.79 Å². The van der Waals surface area contributed by atoms with Gasteiger partial charge in [0.2, 0.25) is 0 Å². The largest absolute Gasteiger partial charge is 0.497 e. The van der Waals surface area contributed by atoms with Crippen molar-refractivity contribution in [1.29, 1.82) is 0 Å². The van der Waals surface area contributed by atoms with E-state index >= 15 is 0 Å². The first-order valence-corrected chi connectivity index (χ1v) is 19.5. The van der Waals surface area contributed by atoms with Crippen LogP contribution in [0.2, 0.25) is 18.1 Å². The Balaban J connectivity index is 3.09. The maximum absolute atomic E-state index is 14.0. The van der Waals surface area contributed by atoms with E-state index in [2.05, 4.69) is 48.5 Å². The zero-order chi connectivity index (χ0) is 31.9. The van der Waals surface area contributed by atoms with Crippen LogP contribution in [0.15, 0.2) is 24.3 Å². The molecule has 42 heavy (non-hydrogen) atoms. The first kappa shape index (κ1) is 38.8. The molecular formula is C36H66O5Si. The Morgan fingerprint density at radius 3 is 1.64 bits per heavy atom. The number of ether oxygens (including phenoxy) is 2. The van der Waals surface area contributed by atoms with Crippen molar-refractivity contribution >= 4 is 14.1 Å². The molecule has 0 unspecified atom stereocenters. The van der Waals surface area contributed by atoms with Crippen molar-refractivity contribution in [1.82, 2.24) is 0 Å². The zero-order valence-electron chi connectivity index (χ0n) is 29.1. The predicted molar refractivity (Wildman–Crippen MR) is 180 cm³/mol. The molecule has 0 fully saturated rings. The van der Waals surface area contributed by atoms with Gasteiger partial charge in [-0.2, -0.15) is 0 Å². The molecule has 0 heterocycles. The molecule has 0 saturated carbocycles. The zero-order valence-corrected chi connectivity index (χ0v) is 30.1. The number of rotatable bonds is 23. The number of unbranched alkanes of at least 4 members (excludes halogenated alkanes) is 3. The summed E-state index contributed by atoms with van der Waals surface area (Å²) >= 11 is 0. The summed E-state index contributed by atoms with van der Waals surface area (Å²) in [6, 6.07) is 11.4. The molecule has 0 saturated heterocycles. The number of hydrogen-bond acceptors (Lipinski definition) is 5. The van der Waals surface area contributed by atoms with E-state index in [9.17, 15) is 9.90 Å². The van der Waals surface area contributed by atoms with Gasteiger partial charge in [-0.1, -0.05) is 120 Å². The maximum atomic E-state index is 14.0.